The Kier molecular flexibility index (Phi) is 4.79. The summed E-state index contributed by atoms with van der Waals surface area (Å²) in [5, 5.41) is 0. The average molecular weight is 275 g/mol. The number of nitrogens with zero attached hydrogens (tertiary/aromatic N) is 1. The Hall–Kier alpha value is -1.81. The number of methoxy groups -OCH3 is 2. The van der Waals surface area contributed by atoms with Gasteiger partial charge < -0.3 is 14.4 Å². The molecule has 1 saturated heterocycles. The maximum Gasteiger partial charge on any atom is 0.227 e. The molecule has 20 heavy (non-hydrogen) atoms. The number of likely N-dealkylation sites (tertiary alicyclic amines) is 1. The molecule has 0 N–H and O–H groups in total. The minimum atomic E-state index is 0.115. The summed E-state index contributed by atoms with van der Waals surface area (Å²) in [6, 6.07) is 5.76. The van der Waals surface area contributed by atoms with Crippen molar-refractivity contribution in [2.45, 2.75) is 18.9 Å². The third-order valence-electron chi connectivity index (χ3n) is 3.71. The van der Waals surface area contributed by atoms with E-state index in [9.17, 15) is 4.79 Å². The monoisotopic (exact) mass is 275 g/mol. The molecule has 1 aliphatic rings. The molecule has 0 bridgehead atoms. The molecular formula is C16H21NO3. The van der Waals surface area contributed by atoms with Crippen molar-refractivity contribution in [1.29, 1.82) is 0 Å². The highest BCUT2D eigenvalue weighted by molar-refractivity contribution is 5.80. The number of carbonyl (C=O) groups excluding carboxylic acids is 1. The summed E-state index contributed by atoms with van der Waals surface area (Å²) in [7, 11) is 3.31. The molecule has 1 amide bonds. The van der Waals surface area contributed by atoms with Crippen LogP contribution in [0.1, 0.15) is 17.5 Å². The summed E-state index contributed by atoms with van der Waals surface area (Å²) in [6.07, 6.45) is 3.19. The van der Waals surface area contributed by atoms with Gasteiger partial charge in [0.05, 0.1) is 19.6 Å². The number of carbonyl (C=O) groups is 1. The first-order chi connectivity index (χ1) is 9.67. The lowest BCUT2D eigenvalue weighted by atomic mass is 10.1. The van der Waals surface area contributed by atoms with Crippen LogP contribution in [0.3, 0.4) is 0 Å². The van der Waals surface area contributed by atoms with Crippen molar-refractivity contribution in [1.82, 2.24) is 4.90 Å². The van der Waals surface area contributed by atoms with Crippen LogP contribution in [0.4, 0.5) is 0 Å². The van der Waals surface area contributed by atoms with Gasteiger partial charge in [0.25, 0.3) is 0 Å². The van der Waals surface area contributed by atoms with Crippen LogP contribution < -0.4 is 4.74 Å². The first-order valence-corrected chi connectivity index (χ1v) is 6.78. The van der Waals surface area contributed by atoms with Crippen LogP contribution in [-0.4, -0.2) is 44.2 Å². The van der Waals surface area contributed by atoms with E-state index in [-0.39, 0.29) is 12.0 Å². The Labute approximate surface area is 120 Å². The molecule has 4 nitrogen and oxygen atoms in total. The largest absolute Gasteiger partial charge is 0.496 e. The molecule has 0 spiro atoms. The number of rotatable bonds is 5. The molecular weight excluding hydrogens is 254 g/mol. The van der Waals surface area contributed by atoms with Gasteiger partial charge in [0.15, 0.2) is 0 Å². The Bertz CT molecular complexity index is 498. The predicted molar refractivity (Wildman–Crippen MR) is 78.8 cm³/mol. The van der Waals surface area contributed by atoms with Crippen molar-refractivity contribution in [2.75, 3.05) is 27.3 Å². The number of hydrogen-bond acceptors (Lipinski definition) is 3. The van der Waals surface area contributed by atoms with Gasteiger partial charge in [-0.15, -0.1) is 0 Å². The Morgan fingerprint density at radius 1 is 1.50 bits per heavy atom. The van der Waals surface area contributed by atoms with Gasteiger partial charge in [-0.3, -0.25) is 4.79 Å². The molecule has 0 radical (unpaired) electrons. The molecule has 0 aliphatic carbocycles. The smallest absolute Gasteiger partial charge is 0.227 e. The molecule has 4 heteroatoms. The normalized spacial score (nSPS) is 18.1. The van der Waals surface area contributed by atoms with Gasteiger partial charge in [-0.25, -0.2) is 0 Å². The SMILES string of the molecule is C=Cc1ccc(OC)c(CC(=O)N2CCC(OC)C2)c1. The van der Waals surface area contributed by atoms with Crippen LogP contribution in [0.2, 0.25) is 0 Å². The maximum absolute atomic E-state index is 12.3. The van der Waals surface area contributed by atoms with Crippen molar-refractivity contribution < 1.29 is 14.3 Å². The summed E-state index contributed by atoms with van der Waals surface area (Å²) in [5.74, 6) is 0.857. The average Bonchev–Trinajstić information content (AvgIpc) is 2.96. The van der Waals surface area contributed by atoms with Gasteiger partial charge in [-0.05, 0) is 24.1 Å². The molecule has 1 aromatic rings. The second-order valence-corrected chi connectivity index (χ2v) is 4.94. The molecule has 2 rings (SSSR count). The second-order valence-electron chi connectivity index (χ2n) is 4.94. The summed E-state index contributed by atoms with van der Waals surface area (Å²) in [6.45, 7) is 5.20. The topological polar surface area (TPSA) is 38.8 Å². The molecule has 0 saturated carbocycles. The van der Waals surface area contributed by atoms with Crippen molar-refractivity contribution in [3.05, 3.63) is 35.9 Å². The number of benzene rings is 1. The van der Waals surface area contributed by atoms with Crippen molar-refractivity contribution >= 4 is 12.0 Å². The van der Waals surface area contributed by atoms with Crippen LogP contribution in [-0.2, 0) is 16.0 Å². The third kappa shape index (κ3) is 3.20. The minimum absolute atomic E-state index is 0.115. The van der Waals surface area contributed by atoms with Crippen molar-refractivity contribution in [3.8, 4) is 5.75 Å². The molecule has 0 aromatic heterocycles. The molecule has 1 atom stereocenters. The number of hydrogen-bond donors (Lipinski definition) is 0. The summed E-state index contributed by atoms with van der Waals surface area (Å²) in [4.78, 5) is 14.2. The fourth-order valence-electron chi connectivity index (χ4n) is 2.49. The lowest BCUT2D eigenvalue weighted by molar-refractivity contribution is -0.129. The van der Waals surface area contributed by atoms with E-state index in [1.807, 2.05) is 23.1 Å². The zero-order valence-electron chi connectivity index (χ0n) is 12.1. The van der Waals surface area contributed by atoms with Crippen molar-refractivity contribution in [2.24, 2.45) is 0 Å². The Morgan fingerprint density at radius 2 is 2.30 bits per heavy atom. The molecule has 1 aliphatic heterocycles. The fourth-order valence-corrected chi connectivity index (χ4v) is 2.49. The lowest BCUT2D eigenvalue weighted by Crippen LogP contribution is -2.31. The van der Waals surface area contributed by atoms with Crippen LogP contribution in [0, 0.1) is 0 Å². The standard InChI is InChI=1S/C16H21NO3/c1-4-12-5-6-15(20-3)13(9-12)10-16(18)17-8-7-14(11-17)19-2/h4-6,9,14H,1,7-8,10-11H2,2-3H3. The van der Waals surface area contributed by atoms with Crippen LogP contribution in [0.5, 0.6) is 5.75 Å². The zero-order valence-corrected chi connectivity index (χ0v) is 12.1. The van der Waals surface area contributed by atoms with Crippen LogP contribution >= 0.6 is 0 Å². The fraction of sp³-hybridized carbons (Fsp3) is 0.438. The van der Waals surface area contributed by atoms with E-state index >= 15 is 0 Å². The first kappa shape index (κ1) is 14.6. The zero-order chi connectivity index (χ0) is 14.5. The van der Waals surface area contributed by atoms with E-state index in [2.05, 4.69) is 6.58 Å². The maximum atomic E-state index is 12.3. The van der Waals surface area contributed by atoms with Gasteiger partial charge in [0.1, 0.15) is 5.75 Å². The van der Waals surface area contributed by atoms with Crippen LogP contribution in [0.25, 0.3) is 6.08 Å². The molecule has 108 valence electrons. The van der Waals surface area contributed by atoms with E-state index < -0.39 is 0 Å². The summed E-state index contributed by atoms with van der Waals surface area (Å²) >= 11 is 0. The Balaban J connectivity index is 2.09. The molecule has 1 aromatic carbocycles. The lowest BCUT2D eigenvalue weighted by Gasteiger charge is -2.17. The second kappa shape index (κ2) is 6.57. The number of ether oxygens (including phenoxy) is 2. The molecule has 1 heterocycles. The summed E-state index contributed by atoms with van der Waals surface area (Å²) < 4.78 is 10.6. The highest BCUT2D eigenvalue weighted by Crippen LogP contribution is 2.22. The van der Waals surface area contributed by atoms with E-state index in [1.54, 1.807) is 20.3 Å². The Morgan fingerprint density at radius 3 is 2.90 bits per heavy atom. The predicted octanol–water partition coefficient (Wildman–Crippen LogP) is 2.13. The highest BCUT2D eigenvalue weighted by Gasteiger charge is 2.26. The third-order valence-corrected chi connectivity index (χ3v) is 3.71. The van der Waals surface area contributed by atoms with Gasteiger partial charge in [-0.2, -0.15) is 0 Å². The van der Waals surface area contributed by atoms with Gasteiger partial charge in [-0.1, -0.05) is 18.7 Å². The minimum Gasteiger partial charge on any atom is -0.496 e. The van der Waals surface area contributed by atoms with Gasteiger partial charge >= 0.3 is 0 Å². The molecule has 1 unspecified atom stereocenters. The highest BCUT2D eigenvalue weighted by atomic mass is 16.5. The quantitative estimate of drug-likeness (QED) is 0.826. The van der Waals surface area contributed by atoms with E-state index in [0.717, 1.165) is 29.8 Å². The van der Waals surface area contributed by atoms with Gasteiger partial charge in [0.2, 0.25) is 5.91 Å². The van der Waals surface area contributed by atoms with Crippen LogP contribution in [0.15, 0.2) is 24.8 Å². The van der Waals surface area contributed by atoms with E-state index in [4.69, 9.17) is 9.47 Å². The van der Waals surface area contributed by atoms with E-state index in [1.165, 1.54) is 0 Å². The summed E-state index contributed by atoms with van der Waals surface area (Å²) in [5.41, 5.74) is 1.89. The van der Waals surface area contributed by atoms with Crippen molar-refractivity contribution in [3.63, 3.8) is 0 Å². The first-order valence-electron chi connectivity index (χ1n) is 6.78. The molecule has 1 fully saturated rings. The van der Waals surface area contributed by atoms with E-state index in [0.29, 0.717) is 13.0 Å². The number of amides is 1. The van der Waals surface area contributed by atoms with Gasteiger partial charge in [0, 0.05) is 25.8 Å².